The Morgan fingerprint density at radius 1 is 0.963 bits per heavy atom. The van der Waals surface area contributed by atoms with Crippen LogP contribution in [0.2, 0.25) is 0 Å². The van der Waals surface area contributed by atoms with Crippen molar-refractivity contribution in [1.29, 1.82) is 0 Å². The van der Waals surface area contributed by atoms with E-state index < -0.39 is 61.0 Å². The van der Waals surface area contributed by atoms with Crippen molar-refractivity contribution < 1.29 is 44.4 Å². The quantitative estimate of drug-likeness (QED) is 0.149. The first kappa shape index (κ1) is 26.8. The van der Waals surface area contributed by atoms with Crippen molar-refractivity contribution >= 4 is 42.4 Å². The summed E-state index contributed by atoms with van der Waals surface area (Å²) in [7, 11) is 0. The summed E-state index contributed by atoms with van der Waals surface area (Å²) in [5, 5.41) is 37.3. The number of carboxylic acids is 3. The first-order valence-electron chi connectivity index (χ1n) is 7.43. The van der Waals surface area contributed by atoms with Crippen LogP contribution in [-0.4, -0.2) is 87.2 Å². The minimum absolute atomic E-state index is 0.0256. The first-order valence-corrected chi connectivity index (χ1v) is 8.06. The van der Waals surface area contributed by atoms with Crippen LogP contribution in [0.1, 0.15) is 12.8 Å². The summed E-state index contributed by atoms with van der Waals surface area (Å²) < 4.78 is 0. The lowest BCUT2D eigenvalue weighted by Gasteiger charge is -2.16. The highest BCUT2D eigenvalue weighted by molar-refractivity contribution is 7.80. The number of rotatable bonds is 11. The molecule has 27 heavy (non-hydrogen) atoms. The summed E-state index contributed by atoms with van der Waals surface area (Å²) in [5.74, 6) is -4.88. The maximum Gasteiger partial charge on any atom is 0.322 e. The van der Waals surface area contributed by atoms with Crippen LogP contribution in [-0.2, 0) is 24.0 Å². The van der Waals surface area contributed by atoms with E-state index in [1.54, 1.807) is 0 Å². The Kier molecular flexibility index (Phi) is 14.6. The third-order valence-electron chi connectivity index (χ3n) is 2.76. The van der Waals surface area contributed by atoms with E-state index in [9.17, 15) is 24.0 Å². The fourth-order valence-corrected chi connectivity index (χ4v) is 1.49. The molecule has 0 bridgehead atoms. The number of carbonyl (C=O) groups is 5. The standard InChI is InChI=1S/C10H17N3O6S.C3H7NO3/c11-5(10(18)19)1-2-7(14)13-6(4-20)9(17)12-3-8(15)16;4-2(1-5)3(6)7/h5-6,20H,1-4,11H2,(H,12,17)(H,13,14)(H,15,16)(H,18,19);2,5H,1,4H2,(H,6,7)/t5-,6-;2-/m00/s1. The summed E-state index contributed by atoms with van der Waals surface area (Å²) in [6, 6.07) is -3.28. The Morgan fingerprint density at radius 2 is 1.48 bits per heavy atom. The van der Waals surface area contributed by atoms with Gasteiger partial charge in [0.1, 0.15) is 24.7 Å². The van der Waals surface area contributed by atoms with Crippen LogP contribution in [0.3, 0.4) is 0 Å². The molecule has 0 aromatic rings. The third-order valence-corrected chi connectivity index (χ3v) is 3.13. The number of aliphatic hydroxyl groups excluding tert-OH is 1. The van der Waals surface area contributed by atoms with Crippen molar-refractivity contribution in [3.63, 3.8) is 0 Å². The number of thiol groups is 1. The van der Waals surface area contributed by atoms with Crippen molar-refractivity contribution in [2.24, 2.45) is 11.5 Å². The highest BCUT2D eigenvalue weighted by atomic mass is 32.1. The lowest BCUT2D eigenvalue weighted by molar-refractivity contribution is -0.140. The van der Waals surface area contributed by atoms with Crippen LogP contribution in [0.15, 0.2) is 0 Å². The van der Waals surface area contributed by atoms with E-state index in [0.717, 1.165) is 0 Å². The molecule has 0 aliphatic carbocycles. The van der Waals surface area contributed by atoms with E-state index in [2.05, 4.69) is 23.3 Å². The smallest absolute Gasteiger partial charge is 0.322 e. The Morgan fingerprint density at radius 3 is 1.81 bits per heavy atom. The molecule has 0 saturated carbocycles. The number of carboxylic acid groups (broad SMARTS) is 3. The van der Waals surface area contributed by atoms with E-state index in [4.69, 9.17) is 31.9 Å². The van der Waals surface area contributed by atoms with Crippen LogP contribution in [0.4, 0.5) is 0 Å². The zero-order valence-electron chi connectivity index (χ0n) is 14.2. The molecule has 0 aromatic carbocycles. The highest BCUT2D eigenvalue weighted by Crippen LogP contribution is 1.97. The van der Waals surface area contributed by atoms with Crippen molar-refractivity contribution in [1.82, 2.24) is 10.6 Å². The molecule has 0 fully saturated rings. The van der Waals surface area contributed by atoms with Crippen LogP contribution in [0.5, 0.6) is 0 Å². The molecule has 0 radical (unpaired) electrons. The number of nitrogens with one attached hydrogen (secondary N) is 2. The molecule has 156 valence electrons. The van der Waals surface area contributed by atoms with Gasteiger partial charge in [-0.1, -0.05) is 0 Å². The number of aliphatic carboxylic acids is 3. The van der Waals surface area contributed by atoms with Crippen LogP contribution in [0, 0.1) is 0 Å². The molecule has 0 aromatic heterocycles. The van der Waals surface area contributed by atoms with Gasteiger partial charge in [-0.2, -0.15) is 12.6 Å². The zero-order chi connectivity index (χ0) is 21.6. The molecule has 0 heterocycles. The molecule has 13 nitrogen and oxygen atoms in total. The minimum Gasteiger partial charge on any atom is -0.480 e. The zero-order valence-corrected chi connectivity index (χ0v) is 15.1. The molecular weight excluding hydrogens is 388 g/mol. The average Bonchev–Trinajstić information content (AvgIpc) is 2.61. The van der Waals surface area contributed by atoms with Crippen molar-refractivity contribution in [2.75, 3.05) is 18.9 Å². The summed E-state index contributed by atoms with van der Waals surface area (Å²) in [4.78, 5) is 53.4. The number of aliphatic hydroxyl groups is 1. The Bertz CT molecular complexity index is 532. The molecule has 10 N–H and O–H groups in total. The highest BCUT2D eigenvalue weighted by Gasteiger charge is 2.20. The van der Waals surface area contributed by atoms with Crippen LogP contribution in [0.25, 0.3) is 0 Å². The maximum atomic E-state index is 11.5. The molecular formula is C13H24N4O9S. The van der Waals surface area contributed by atoms with E-state index in [1.165, 1.54) is 0 Å². The van der Waals surface area contributed by atoms with Gasteiger partial charge in [0, 0.05) is 12.2 Å². The molecule has 3 atom stereocenters. The van der Waals surface area contributed by atoms with Gasteiger partial charge >= 0.3 is 17.9 Å². The molecule has 0 aliphatic rings. The summed E-state index contributed by atoms with van der Waals surface area (Å²) in [6.45, 7) is -1.07. The van der Waals surface area contributed by atoms with Gasteiger partial charge < -0.3 is 42.5 Å². The fraction of sp³-hybridized carbons (Fsp3) is 0.615. The van der Waals surface area contributed by atoms with Gasteiger partial charge in [-0.05, 0) is 6.42 Å². The lowest BCUT2D eigenvalue weighted by Crippen LogP contribution is -2.49. The van der Waals surface area contributed by atoms with Gasteiger partial charge in [-0.3, -0.25) is 24.0 Å². The van der Waals surface area contributed by atoms with Gasteiger partial charge in [0.25, 0.3) is 0 Å². The largest absolute Gasteiger partial charge is 0.480 e. The second-order valence-electron chi connectivity index (χ2n) is 5.02. The molecule has 0 rings (SSSR count). The second-order valence-corrected chi connectivity index (χ2v) is 5.39. The first-order chi connectivity index (χ1) is 12.5. The SMILES string of the molecule is N[C@@H](CCC(=O)N[C@@H](CS)C(=O)NCC(=O)O)C(=O)O.N[C@@H](CO)C(=O)O. The predicted octanol–water partition coefficient (Wildman–Crippen LogP) is -3.82. The number of carbonyl (C=O) groups excluding carboxylic acids is 2. The molecule has 0 aliphatic heterocycles. The third kappa shape index (κ3) is 14.4. The summed E-state index contributed by atoms with van der Waals surface area (Å²) in [6.07, 6.45) is -0.235. The topological polar surface area (TPSA) is 242 Å². The van der Waals surface area contributed by atoms with Gasteiger partial charge in [0.15, 0.2) is 0 Å². The van der Waals surface area contributed by atoms with Crippen molar-refractivity contribution in [2.45, 2.75) is 31.0 Å². The van der Waals surface area contributed by atoms with E-state index in [0.29, 0.717) is 0 Å². The van der Waals surface area contributed by atoms with Gasteiger partial charge in [-0.15, -0.1) is 0 Å². The number of amides is 2. The minimum atomic E-state index is -1.22. The molecule has 0 spiro atoms. The lowest BCUT2D eigenvalue weighted by atomic mass is 10.1. The number of nitrogens with two attached hydrogens (primary N) is 2. The molecule has 0 saturated heterocycles. The molecule has 2 amide bonds. The van der Waals surface area contributed by atoms with Crippen molar-refractivity contribution in [3.05, 3.63) is 0 Å². The van der Waals surface area contributed by atoms with Crippen molar-refractivity contribution in [3.8, 4) is 0 Å². The molecule has 0 unspecified atom stereocenters. The Balaban J connectivity index is 0. The summed E-state index contributed by atoms with van der Waals surface area (Å²) in [5.41, 5.74) is 10.00. The number of hydrogen-bond donors (Lipinski definition) is 9. The monoisotopic (exact) mass is 412 g/mol. The van der Waals surface area contributed by atoms with Crippen LogP contribution < -0.4 is 22.1 Å². The second kappa shape index (κ2) is 14.7. The fourth-order valence-electron chi connectivity index (χ4n) is 1.23. The van der Waals surface area contributed by atoms with E-state index in [1.807, 2.05) is 0 Å². The normalized spacial score (nSPS) is 13.2. The molecule has 14 heteroatoms. The predicted molar refractivity (Wildman–Crippen MR) is 94.0 cm³/mol. The Labute approximate surface area is 159 Å². The average molecular weight is 412 g/mol. The van der Waals surface area contributed by atoms with E-state index >= 15 is 0 Å². The number of hydrogen-bond acceptors (Lipinski definition) is 9. The summed E-state index contributed by atoms with van der Waals surface area (Å²) >= 11 is 3.87. The maximum absolute atomic E-state index is 11.5. The van der Waals surface area contributed by atoms with E-state index in [-0.39, 0.29) is 18.6 Å². The Hall–Kier alpha value is -2.42. The van der Waals surface area contributed by atoms with Gasteiger partial charge in [-0.25, -0.2) is 0 Å². The van der Waals surface area contributed by atoms with Gasteiger partial charge in [0.05, 0.1) is 6.61 Å². The van der Waals surface area contributed by atoms with Gasteiger partial charge in [0.2, 0.25) is 11.8 Å². The van der Waals surface area contributed by atoms with Crippen LogP contribution >= 0.6 is 12.6 Å².